The van der Waals surface area contributed by atoms with Crippen molar-refractivity contribution in [3.8, 4) is 17.2 Å². The van der Waals surface area contributed by atoms with E-state index in [1.54, 1.807) is 0 Å². The number of aryl methyl sites for hydroxylation is 1. The highest BCUT2D eigenvalue weighted by atomic mass is 16.5. The topological polar surface area (TPSA) is 50.1 Å². The molecule has 0 bridgehead atoms. The molecule has 0 radical (unpaired) electrons. The zero-order valence-electron chi connectivity index (χ0n) is 20.7. The highest BCUT2D eigenvalue weighted by Crippen LogP contribution is 2.42. The highest BCUT2D eigenvalue weighted by molar-refractivity contribution is 5.80. The van der Waals surface area contributed by atoms with Crippen LogP contribution in [-0.2, 0) is 16.0 Å². The predicted molar refractivity (Wildman–Crippen MR) is 147 cm³/mol. The summed E-state index contributed by atoms with van der Waals surface area (Å²) in [6, 6.07) is 41.0. The van der Waals surface area contributed by atoms with Crippen LogP contribution in [0.4, 0.5) is 0 Å². The fourth-order valence-electron chi connectivity index (χ4n) is 5.01. The fraction of sp³-hybridized carbons (Fsp3) is 0.176. The Morgan fingerprint density at radius 1 is 0.757 bits per heavy atom. The van der Waals surface area contributed by atoms with Gasteiger partial charge in [0, 0.05) is 24.3 Å². The van der Waals surface area contributed by atoms with E-state index in [1.165, 1.54) is 0 Å². The Morgan fingerprint density at radius 3 is 1.95 bits per heavy atom. The maximum Gasteiger partial charge on any atom is 0.141 e. The van der Waals surface area contributed by atoms with Crippen LogP contribution < -0.4 is 0 Å². The molecule has 1 aliphatic rings. The monoisotopic (exact) mass is 483 g/mol. The van der Waals surface area contributed by atoms with Crippen molar-refractivity contribution in [3.05, 3.63) is 138 Å². The molecule has 1 aliphatic heterocycles. The van der Waals surface area contributed by atoms with Gasteiger partial charge < -0.3 is 4.74 Å². The average molecular weight is 484 g/mol. The van der Waals surface area contributed by atoms with Crippen LogP contribution in [0.2, 0.25) is 0 Å². The van der Waals surface area contributed by atoms with E-state index in [4.69, 9.17) is 4.74 Å². The van der Waals surface area contributed by atoms with Gasteiger partial charge >= 0.3 is 0 Å². The lowest BCUT2D eigenvalue weighted by Gasteiger charge is -2.32. The van der Waals surface area contributed by atoms with E-state index >= 15 is 0 Å². The summed E-state index contributed by atoms with van der Waals surface area (Å²) >= 11 is 0. The van der Waals surface area contributed by atoms with Gasteiger partial charge in [-0.3, -0.25) is 4.79 Å². The zero-order chi connectivity index (χ0) is 25.5. The SMILES string of the molecule is N#CC1=C(c2ccccc2)O[C@H](CC(=O)CCc2ccccc2)C[C@@H]1c1ccc(-c2ccccc2)cc1. The second-order valence-electron chi connectivity index (χ2n) is 9.47. The molecule has 0 unspecified atom stereocenters. The molecule has 4 aromatic carbocycles. The van der Waals surface area contributed by atoms with Crippen molar-refractivity contribution in [2.45, 2.75) is 37.7 Å². The fourth-order valence-corrected chi connectivity index (χ4v) is 5.01. The molecule has 0 saturated carbocycles. The summed E-state index contributed by atoms with van der Waals surface area (Å²) in [5.41, 5.74) is 6.00. The van der Waals surface area contributed by atoms with Gasteiger partial charge in [-0.2, -0.15) is 5.26 Å². The molecule has 3 nitrogen and oxygen atoms in total. The lowest BCUT2D eigenvalue weighted by Crippen LogP contribution is -2.26. The van der Waals surface area contributed by atoms with Gasteiger partial charge in [0.25, 0.3) is 0 Å². The molecule has 1 heterocycles. The Morgan fingerprint density at radius 2 is 1.32 bits per heavy atom. The summed E-state index contributed by atoms with van der Waals surface area (Å²) < 4.78 is 6.38. The number of allylic oxidation sites excluding steroid dienone is 1. The van der Waals surface area contributed by atoms with Gasteiger partial charge in [-0.1, -0.05) is 115 Å². The number of benzene rings is 4. The second-order valence-corrected chi connectivity index (χ2v) is 9.47. The minimum atomic E-state index is -0.283. The maximum atomic E-state index is 13.0. The molecule has 4 aromatic rings. The first-order chi connectivity index (χ1) is 18.2. The van der Waals surface area contributed by atoms with Crippen LogP contribution in [0.5, 0.6) is 0 Å². The first-order valence-electron chi connectivity index (χ1n) is 12.8. The predicted octanol–water partition coefficient (Wildman–Crippen LogP) is 7.75. The average Bonchev–Trinajstić information content (AvgIpc) is 2.97. The Labute approximate surface area is 218 Å². The smallest absolute Gasteiger partial charge is 0.141 e. The first kappa shape index (κ1) is 24.3. The lowest BCUT2D eigenvalue weighted by molar-refractivity contribution is -0.121. The Bertz CT molecular complexity index is 1400. The second kappa shape index (κ2) is 11.5. The lowest BCUT2D eigenvalue weighted by atomic mass is 9.81. The number of hydrogen-bond acceptors (Lipinski definition) is 3. The largest absolute Gasteiger partial charge is 0.488 e. The van der Waals surface area contributed by atoms with E-state index in [2.05, 4.69) is 54.6 Å². The van der Waals surface area contributed by atoms with E-state index in [0.29, 0.717) is 30.6 Å². The van der Waals surface area contributed by atoms with Gasteiger partial charge in [0.15, 0.2) is 0 Å². The van der Waals surface area contributed by atoms with Crippen molar-refractivity contribution < 1.29 is 9.53 Å². The van der Waals surface area contributed by atoms with Crippen LogP contribution in [-0.4, -0.2) is 11.9 Å². The Kier molecular flexibility index (Phi) is 7.58. The Balaban J connectivity index is 1.41. The number of rotatable bonds is 8. The molecular formula is C34H29NO2. The molecule has 37 heavy (non-hydrogen) atoms. The summed E-state index contributed by atoms with van der Waals surface area (Å²) in [5, 5.41) is 10.2. The van der Waals surface area contributed by atoms with E-state index in [-0.39, 0.29) is 17.8 Å². The van der Waals surface area contributed by atoms with Crippen molar-refractivity contribution in [1.82, 2.24) is 0 Å². The third-order valence-electron chi connectivity index (χ3n) is 6.94. The van der Waals surface area contributed by atoms with E-state index in [0.717, 1.165) is 34.2 Å². The molecule has 2 atom stereocenters. The van der Waals surface area contributed by atoms with Crippen LogP contribution in [0.1, 0.15) is 41.9 Å². The third kappa shape index (κ3) is 5.88. The van der Waals surface area contributed by atoms with Crippen molar-refractivity contribution in [2.75, 3.05) is 0 Å². The number of hydrogen-bond donors (Lipinski definition) is 0. The number of carbonyl (C=O) groups excluding carboxylic acids is 1. The molecule has 5 rings (SSSR count). The van der Waals surface area contributed by atoms with Gasteiger partial charge in [-0.25, -0.2) is 0 Å². The molecule has 3 heteroatoms. The molecule has 0 N–H and O–H groups in total. The van der Waals surface area contributed by atoms with Crippen LogP contribution >= 0.6 is 0 Å². The highest BCUT2D eigenvalue weighted by Gasteiger charge is 2.33. The van der Waals surface area contributed by atoms with Gasteiger partial charge in [-0.15, -0.1) is 0 Å². The third-order valence-corrected chi connectivity index (χ3v) is 6.94. The van der Waals surface area contributed by atoms with Crippen LogP contribution in [0.3, 0.4) is 0 Å². The number of ketones is 1. The normalized spacial score (nSPS) is 17.1. The van der Waals surface area contributed by atoms with Crippen molar-refractivity contribution >= 4 is 11.5 Å². The molecular weight excluding hydrogens is 454 g/mol. The maximum absolute atomic E-state index is 13.0. The first-order valence-corrected chi connectivity index (χ1v) is 12.8. The van der Waals surface area contributed by atoms with Crippen molar-refractivity contribution in [2.24, 2.45) is 0 Å². The van der Waals surface area contributed by atoms with Crippen molar-refractivity contribution in [3.63, 3.8) is 0 Å². The van der Waals surface area contributed by atoms with E-state index in [9.17, 15) is 10.1 Å². The Hall–Kier alpha value is -4.42. The quantitative estimate of drug-likeness (QED) is 0.257. The van der Waals surface area contributed by atoms with E-state index < -0.39 is 0 Å². The molecule has 0 amide bonds. The van der Waals surface area contributed by atoms with Gasteiger partial charge in [0.1, 0.15) is 17.6 Å². The minimum Gasteiger partial charge on any atom is -0.488 e. The van der Waals surface area contributed by atoms with Crippen LogP contribution in [0.15, 0.2) is 121 Å². The summed E-state index contributed by atoms with van der Waals surface area (Å²) in [5.74, 6) is 0.637. The van der Waals surface area contributed by atoms with Gasteiger partial charge in [-0.05, 0) is 35.1 Å². The summed E-state index contributed by atoms with van der Waals surface area (Å²) in [6.07, 6.45) is 1.85. The summed E-state index contributed by atoms with van der Waals surface area (Å²) in [7, 11) is 0. The number of ether oxygens (including phenoxy) is 1. The van der Waals surface area contributed by atoms with Gasteiger partial charge in [0.05, 0.1) is 11.6 Å². The molecule has 0 aromatic heterocycles. The molecule has 182 valence electrons. The number of carbonyl (C=O) groups is 1. The van der Waals surface area contributed by atoms with Crippen LogP contribution in [0, 0.1) is 11.3 Å². The number of nitrogens with zero attached hydrogens (tertiary/aromatic N) is 1. The molecule has 0 aliphatic carbocycles. The molecule has 0 saturated heterocycles. The molecule has 0 fully saturated rings. The number of nitriles is 1. The van der Waals surface area contributed by atoms with Crippen LogP contribution in [0.25, 0.3) is 16.9 Å². The van der Waals surface area contributed by atoms with E-state index in [1.807, 2.05) is 66.7 Å². The minimum absolute atomic E-state index is 0.134. The number of Topliss-reactive ketones (excluding diaryl/α,β-unsaturated/α-hetero) is 1. The molecule has 0 spiro atoms. The standard InChI is InChI=1S/C34H29NO2/c35-24-33-32(28-19-17-27(18-20-28)26-12-6-2-7-13-26)23-31(37-34(33)29-14-8-3-9-15-29)22-30(36)21-16-25-10-4-1-5-11-25/h1-15,17-20,31-32H,16,21-23H2/t31-,32-/m1/s1. The van der Waals surface area contributed by atoms with Gasteiger partial charge in [0.2, 0.25) is 0 Å². The summed E-state index contributed by atoms with van der Waals surface area (Å²) in [4.78, 5) is 13.0. The zero-order valence-corrected chi connectivity index (χ0v) is 20.7. The van der Waals surface area contributed by atoms with Crippen molar-refractivity contribution in [1.29, 1.82) is 5.26 Å². The summed E-state index contributed by atoms with van der Waals surface area (Å²) in [6.45, 7) is 0.